The molecule has 1 aliphatic carbocycles. The maximum Gasteiger partial charge on any atom is 0.312 e. The fraction of sp³-hybridized carbons (Fsp3) is 0.273. The van der Waals surface area contributed by atoms with Crippen LogP contribution in [0.2, 0.25) is 0 Å². The summed E-state index contributed by atoms with van der Waals surface area (Å²) in [6.45, 7) is 3.75. The molecule has 2 aromatic carbocycles. The number of aromatic nitrogens is 2. The highest BCUT2D eigenvalue weighted by Crippen LogP contribution is 2.40. The molecule has 148 valence electrons. The molecule has 1 N–H and O–H groups in total. The monoisotopic (exact) mass is 390 g/mol. The van der Waals surface area contributed by atoms with Gasteiger partial charge in [-0.25, -0.2) is 0 Å². The molecule has 2 unspecified atom stereocenters. The Morgan fingerprint density at radius 2 is 1.86 bits per heavy atom. The molecule has 4 rings (SSSR count). The van der Waals surface area contributed by atoms with Crippen LogP contribution in [0.4, 0.5) is 5.69 Å². The van der Waals surface area contributed by atoms with Gasteiger partial charge in [0.2, 0.25) is 0 Å². The number of hydrogen-bond donors (Lipinski definition) is 1. The van der Waals surface area contributed by atoms with Gasteiger partial charge in [0.25, 0.3) is 5.91 Å². The minimum atomic E-state index is -0.401. The SMILES string of the molecule is Cc1nn(Cc2ccc(C(=O)NC3CC3c3ccccc3)cc2)c(C)c1[N+](=O)[O-]. The van der Waals surface area contributed by atoms with E-state index in [1.165, 1.54) is 5.56 Å². The van der Waals surface area contributed by atoms with Gasteiger partial charge in [-0.15, -0.1) is 0 Å². The normalized spacial score (nSPS) is 17.7. The molecule has 7 heteroatoms. The van der Waals surface area contributed by atoms with E-state index >= 15 is 0 Å². The lowest BCUT2D eigenvalue weighted by atomic mass is 10.1. The van der Waals surface area contributed by atoms with Crippen LogP contribution < -0.4 is 5.32 Å². The van der Waals surface area contributed by atoms with Gasteiger partial charge in [0.1, 0.15) is 11.4 Å². The number of aryl methyl sites for hydroxylation is 1. The van der Waals surface area contributed by atoms with Crippen LogP contribution in [0, 0.1) is 24.0 Å². The summed E-state index contributed by atoms with van der Waals surface area (Å²) in [4.78, 5) is 23.3. The van der Waals surface area contributed by atoms with Gasteiger partial charge in [0.05, 0.1) is 11.5 Å². The highest BCUT2D eigenvalue weighted by molar-refractivity contribution is 5.94. The van der Waals surface area contributed by atoms with Crippen molar-refractivity contribution in [2.45, 2.75) is 38.8 Å². The molecular formula is C22H22N4O3. The van der Waals surface area contributed by atoms with E-state index in [9.17, 15) is 14.9 Å². The molecule has 0 saturated heterocycles. The average Bonchev–Trinajstić information content (AvgIpc) is 3.41. The summed E-state index contributed by atoms with van der Waals surface area (Å²) in [7, 11) is 0. The van der Waals surface area contributed by atoms with Gasteiger partial charge in [0, 0.05) is 17.5 Å². The number of hydrogen-bond acceptors (Lipinski definition) is 4. The third kappa shape index (κ3) is 3.89. The van der Waals surface area contributed by atoms with E-state index in [1.807, 2.05) is 30.3 Å². The van der Waals surface area contributed by atoms with Crippen molar-refractivity contribution in [3.05, 3.63) is 92.8 Å². The average molecular weight is 390 g/mol. The van der Waals surface area contributed by atoms with Crippen LogP contribution in [0.15, 0.2) is 54.6 Å². The number of carbonyl (C=O) groups excluding carboxylic acids is 1. The second-order valence-electron chi connectivity index (χ2n) is 7.46. The molecule has 29 heavy (non-hydrogen) atoms. The molecule has 0 spiro atoms. The Morgan fingerprint density at radius 3 is 2.48 bits per heavy atom. The molecule has 0 aliphatic heterocycles. The maximum atomic E-state index is 12.5. The van der Waals surface area contributed by atoms with Crippen LogP contribution in [0.25, 0.3) is 0 Å². The summed E-state index contributed by atoms with van der Waals surface area (Å²) in [5.41, 5.74) is 3.77. The molecule has 1 aromatic heterocycles. The third-order valence-electron chi connectivity index (χ3n) is 5.41. The number of carbonyl (C=O) groups is 1. The first-order valence-electron chi connectivity index (χ1n) is 9.57. The van der Waals surface area contributed by atoms with Crippen molar-refractivity contribution in [2.75, 3.05) is 0 Å². The van der Waals surface area contributed by atoms with Crippen molar-refractivity contribution in [1.29, 1.82) is 0 Å². The molecule has 2 atom stereocenters. The van der Waals surface area contributed by atoms with Crippen molar-refractivity contribution in [3.8, 4) is 0 Å². The molecule has 1 fully saturated rings. The number of rotatable bonds is 6. The zero-order chi connectivity index (χ0) is 20.5. The summed E-state index contributed by atoms with van der Waals surface area (Å²) >= 11 is 0. The zero-order valence-corrected chi connectivity index (χ0v) is 16.3. The minimum Gasteiger partial charge on any atom is -0.349 e. The second kappa shape index (κ2) is 7.50. The van der Waals surface area contributed by atoms with E-state index in [1.54, 1.807) is 30.7 Å². The Labute approximate surface area is 168 Å². The molecule has 1 amide bonds. The quantitative estimate of drug-likeness (QED) is 0.513. The fourth-order valence-electron chi connectivity index (χ4n) is 3.71. The highest BCUT2D eigenvalue weighted by atomic mass is 16.6. The van der Waals surface area contributed by atoms with Gasteiger partial charge in [-0.3, -0.25) is 19.6 Å². The predicted molar refractivity (Wildman–Crippen MR) is 109 cm³/mol. The first-order chi connectivity index (χ1) is 13.9. The maximum absolute atomic E-state index is 12.5. The first kappa shape index (κ1) is 18.9. The fourth-order valence-corrected chi connectivity index (χ4v) is 3.71. The summed E-state index contributed by atoms with van der Waals surface area (Å²) in [6, 6.07) is 17.7. The number of amides is 1. The molecular weight excluding hydrogens is 368 g/mol. The molecule has 0 radical (unpaired) electrons. The molecule has 7 nitrogen and oxygen atoms in total. The number of benzene rings is 2. The van der Waals surface area contributed by atoms with E-state index in [4.69, 9.17) is 0 Å². The van der Waals surface area contributed by atoms with Gasteiger partial charge >= 0.3 is 5.69 Å². The predicted octanol–water partition coefficient (Wildman–Crippen LogP) is 3.74. The van der Waals surface area contributed by atoms with Crippen LogP contribution >= 0.6 is 0 Å². The van der Waals surface area contributed by atoms with E-state index in [-0.39, 0.29) is 17.6 Å². The number of nitrogens with one attached hydrogen (secondary N) is 1. The zero-order valence-electron chi connectivity index (χ0n) is 16.3. The molecule has 1 saturated carbocycles. The van der Waals surface area contributed by atoms with Crippen LogP contribution in [0.5, 0.6) is 0 Å². The minimum absolute atomic E-state index is 0.0541. The summed E-state index contributed by atoms with van der Waals surface area (Å²) in [5, 5.41) is 18.5. The summed E-state index contributed by atoms with van der Waals surface area (Å²) < 4.78 is 1.62. The lowest BCUT2D eigenvalue weighted by molar-refractivity contribution is -0.386. The van der Waals surface area contributed by atoms with Crippen LogP contribution in [-0.2, 0) is 6.54 Å². The van der Waals surface area contributed by atoms with Gasteiger partial charge in [-0.05, 0) is 43.5 Å². The highest BCUT2D eigenvalue weighted by Gasteiger charge is 2.39. The Morgan fingerprint density at radius 1 is 1.17 bits per heavy atom. The lowest BCUT2D eigenvalue weighted by Gasteiger charge is -2.07. The molecule has 1 aliphatic rings. The molecule has 0 bridgehead atoms. The van der Waals surface area contributed by atoms with E-state index in [0.717, 1.165) is 12.0 Å². The topological polar surface area (TPSA) is 90.1 Å². The van der Waals surface area contributed by atoms with Crippen molar-refractivity contribution in [2.24, 2.45) is 0 Å². The first-order valence-corrected chi connectivity index (χ1v) is 9.57. The lowest BCUT2D eigenvalue weighted by Crippen LogP contribution is -2.26. The molecule has 3 aromatic rings. The van der Waals surface area contributed by atoms with Crippen LogP contribution in [0.3, 0.4) is 0 Å². The Hall–Kier alpha value is -3.48. The molecule has 1 heterocycles. The van der Waals surface area contributed by atoms with Gasteiger partial charge < -0.3 is 5.32 Å². The van der Waals surface area contributed by atoms with Crippen molar-refractivity contribution in [1.82, 2.24) is 15.1 Å². The Kier molecular flexibility index (Phi) is 4.88. The smallest absolute Gasteiger partial charge is 0.312 e. The van der Waals surface area contributed by atoms with Crippen LogP contribution in [-0.4, -0.2) is 26.7 Å². The summed E-state index contributed by atoms with van der Waals surface area (Å²) in [6.07, 6.45) is 0.963. The Bertz CT molecular complexity index is 1060. The summed E-state index contributed by atoms with van der Waals surface area (Å²) in [5.74, 6) is 0.308. The third-order valence-corrected chi connectivity index (χ3v) is 5.41. The number of nitro groups is 1. The Balaban J connectivity index is 1.39. The largest absolute Gasteiger partial charge is 0.349 e. The van der Waals surface area contributed by atoms with Gasteiger partial charge in [0.15, 0.2) is 0 Å². The van der Waals surface area contributed by atoms with E-state index < -0.39 is 4.92 Å². The second-order valence-corrected chi connectivity index (χ2v) is 7.46. The standard InChI is InChI=1S/C22H22N4O3/c1-14-21(26(28)29)15(2)25(24-14)13-16-8-10-18(11-9-16)22(27)23-20-12-19(20)17-6-4-3-5-7-17/h3-11,19-20H,12-13H2,1-2H3,(H,23,27). The van der Waals surface area contributed by atoms with Crippen molar-refractivity contribution < 1.29 is 9.72 Å². The van der Waals surface area contributed by atoms with Gasteiger partial charge in [-0.1, -0.05) is 42.5 Å². The van der Waals surface area contributed by atoms with Crippen molar-refractivity contribution in [3.63, 3.8) is 0 Å². The van der Waals surface area contributed by atoms with E-state index in [2.05, 4.69) is 22.5 Å². The number of nitrogens with zero attached hydrogens (tertiary/aromatic N) is 3. The van der Waals surface area contributed by atoms with E-state index in [0.29, 0.717) is 29.4 Å². The van der Waals surface area contributed by atoms with Crippen LogP contribution in [0.1, 0.15) is 45.2 Å². The van der Waals surface area contributed by atoms with Crippen molar-refractivity contribution >= 4 is 11.6 Å². The van der Waals surface area contributed by atoms with Gasteiger partial charge in [-0.2, -0.15) is 5.10 Å².